The molecule has 0 heterocycles. The second-order valence-corrected chi connectivity index (χ2v) is 8.98. The van der Waals surface area contributed by atoms with Gasteiger partial charge in [-0.2, -0.15) is 8.42 Å². The smallest absolute Gasteiger partial charge is 0.265 e. The minimum atomic E-state index is -3.85. The average Bonchev–Trinajstić information content (AvgIpc) is 2.37. The molecule has 0 aliphatic heterocycles. The molecule has 0 bridgehead atoms. The molecule has 0 aliphatic carbocycles. The third-order valence-corrected chi connectivity index (χ3v) is 5.08. The zero-order chi connectivity index (χ0) is 17.8. The molecule has 0 aromatic carbocycles. The molecule has 4 nitrogen and oxygen atoms in total. The van der Waals surface area contributed by atoms with Gasteiger partial charge in [0.1, 0.15) is 0 Å². The summed E-state index contributed by atoms with van der Waals surface area (Å²) < 4.78 is 31.6. The minimum Gasteiger partial charge on any atom is -0.328 e. The van der Waals surface area contributed by atoms with Crippen LogP contribution in [0.5, 0.6) is 0 Å². The quantitative estimate of drug-likeness (QED) is 0.221. The number of nitrogens with zero attached hydrogens (tertiary/aromatic N) is 1. The summed E-state index contributed by atoms with van der Waals surface area (Å²) in [5.41, 5.74) is 0. The first-order valence-corrected chi connectivity index (χ1v) is 10.7. The van der Waals surface area contributed by atoms with E-state index in [1.54, 1.807) is 0 Å². The zero-order valence-corrected chi connectivity index (χ0v) is 16.4. The predicted molar refractivity (Wildman–Crippen MR) is 99.2 cm³/mol. The lowest BCUT2D eigenvalue weighted by Crippen LogP contribution is -2.44. The highest BCUT2D eigenvalue weighted by atomic mass is 32.2. The van der Waals surface area contributed by atoms with Crippen molar-refractivity contribution in [1.82, 2.24) is 0 Å². The van der Waals surface area contributed by atoms with Crippen molar-refractivity contribution in [1.29, 1.82) is 0 Å². The van der Waals surface area contributed by atoms with Crippen molar-refractivity contribution in [3.05, 3.63) is 12.2 Å². The molecule has 0 saturated carbocycles. The maximum Gasteiger partial charge on any atom is 0.265 e. The van der Waals surface area contributed by atoms with Crippen LogP contribution in [-0.2, 0) is 10.1 Å². The van der Waals surface area contributed by atoms with Gasteiger partial charge in [0.2, 0.25) is 0 Å². The second kappa shape index (κ2) is 12.0. The van der Waals surface area contributed by atoms with Crippen molar-refractivity contribution in [3.8, 4) is 0 Å². The molecule has 138 valence electrons. The fourth-order valence-electron chi connectivity index (χ4n) is 3.14. The number of hydrogen-bond acceptors (Lipinski definition) is 2. The molecule has 0 aromatic heterocycles. The molecule has 0 aromatic rings. The Kier molecular flexibility index (Phi) is 11.8. The van der Waals surface area contributed by atoms with Crippen LogP contribution in [0.25, 0.3) is 0 Å². The van der Waals surface area contributed by atoms with Crippen molar-refractivity contribution < 1.29 is 17.5 Å². The fraction of sp³-hybridized carbons (Fsp3) is 0.889. The Labute approximate surface area is 144 Å². The Bertz CT molecular complexity index is 416. The van der Waals surface area contributed by atoms with Gasteiger partial charge in [0.15, 0.2) is 0 Å². The van der Waals surface area contributed by atoms with Crippen molar-refractivity contribution in [2.75, 3.05) is 32.9 Å². The number of quaternary nitrogens is 1. The van der Waals surface area contributed by atoms with Crippen LogP contribution in [0.1, 0.15) is 65.2 Å². The second-order valence-electron chi connectivity index (χ2n) is 7.49. The summed E-state index contributed by atoms with van der Waals surface area (Å²) in [5.74, 6) is -0.155. The van der Waals surface area contributed by atoms with E-state index in [1.165, 1.54) is 44.9 Å². The molecule has 0 fully saturated rings. The lowest BCUT2D eigenvalue weighted by Gasteiger charge is -2.32. The van der Waals surface area contributed by atoms with Gasteiger partial charge in [0.25, 0.3) is 10.1 Å². The molecule has 1 unspecified atom stereocenters. The highest BCUT2D eigenvalue weighted by Crippen LogP contribution is 2.12. The predicted octanol–water partition coefficient (Wildman–Crippen LogP) is 4.28. The Morgan fingerprint density at radius 1 is 1.00 bits per heavy atom. The van der Waals surface area contributed by atoms with Gasteiger partial charge in [-0.3, -0.25) is 4.55 Å². The fourth-order valence-corrected chi connectivity index (χ4v) is 3.97. The number of allylic oxidation sites excluding steroid dienone is 2. The van der Waals surface area contributed by atoms with Crippen molar-refractivity contribution in [3.63, 3.8) is 0 Å². The summed E-state index contributed by atoms with van der Waals surface area (Å²) in [7, 11) is 0.424. The third-order valence-electron chi connectivity index (χ3n) is 4.09. The van der Waals surface area contributed by atoms with Crippen LogP contribution in [0.2, 0.25) is 0 Å². The van der Waals surface area contributed by atoms with Crippen LogP contribution in [0, 0.1) is 5.92 Å². The number of hydrogen-bond donors (Lipinski definition) is 1. The van der Waals surface area contributed by atoms with Crippen LogP contribution in [-0.4, -0.2) is 50.4 Å². The molecule has 0 radical (unpaired) electrons. The lowest BCUT2D eigenvalue weighted by molar-refractivity contribution is -0.893. The average molecular weight is 349 g/mol. The molecule has 0 aliphatic rings. The summed E-state index contributed by atoms with van der Waals surface area (Å²) in [4.78, 5) is 0. The van der Waals surface area contributed by atoms with Crippen LogP contribution < -0.4 is 0 Å². The molecule has 5 heteroatoms. The topological polar surface area (TPSA) is 54.4 Å². The number of rotatable bonds is 14. The monoisotopic (exact) mass is 348 g/mol. The van der Waals surface area contributed by atoms with Gasteiger partial charge in [-0.05, 0) is 32.1 Å². The van der Waals surface area contributed by atoms with Crippen LogP contribution >= 0.6 is 0 Å². The van der Waals surface area contributed by atoms with E-state index in [1.807, 2.05) is 6.92 Å². The molecular weight excluding hydrogens is 310 g/mol. The summed E-state index contributed by atoms with van der Waals surface area (Å²) >= 11 is 0. The van der Waals surface area contributed by atoms with Gasteiger partial charge < -0.3 is 4.48 Å². The van der Waals surface area contributed by atoms with E-state index < -0.39 is 10.1 Å². The van der Waals surface area contributed by atoms with E-state index in [-0.39, 0.29) is 11.7 Å². The van der Waals surface area contributed by atoms with E-state index in [0.29, 0.717) is 0 Å². The first-order valence-electron chi connectivity index (χ1n) is 9.08. The van der Waals surface area contributed by atoms with E-state index in [9.17, 15) is 8.42 Å². The molecule has 1 atom stereocenters. The van der Waals surface area contributed by atoms with Crippen LogP contribution in [0.15, 0.2) is 12.2 Å². The van der Waals surface area contributed by atoms with E-state index in [4.69, 9.17) is 4.55 Å². The van der Waals surface area contributed by atoms with E-state index in [2.05, 4.69) is 33.2 Å². The first kappa shape index (κ1) is 22.6. The summed E-state index contributed by atoms with van der Waals surface area (Å²) in [6, 6.07) is 0. The van der Waals surface area contributed by atoms with Crippen molar-refractivity contribution in [2.24, 2.45) is 5.92 Å². The summed E-state index contributed by atoms with van der Waals surface area (Å²) in [5, 5.41) is 0. The van der Waals surface area contributed by atoms with Gasteiger partial charge in [0, 0.05) is 5.92 Å². The SMILES string of the molecule is CC/C=C/CCCCCCCC[N+](C)(C)CC(C)CS(=O)(=O)O. The third kappa shape index (κ3) is 16.3. The highest BCUT2D eigenvalue weighted by Gasteiger charge is 2.22. The molecule has 23 heavy (non-hydrogen) atoms. The maximum absolute atomic E-state index is 10.9. The van der Waals surface area contributed by atoms with Gasteiger partial charge in [-0.1, -0.05) is 45.3 Å². The van der Waals surface area contributed by atoms with E-state index >= 15 is 0 Å². The van der Waals surface area contributed by atoms with Gasteiger partial charge in [-0.15, -0.1) is 0 Å². The van der Waals surface area contributed by atoms with Crippen molar-refractivity contribution >= 4 is 10.1 Å². The maximum atomic E-state index is 10.9. The largest absolute Gasteiger partial charge is 0.328 e. The van der Waals surface area contributed by atoms with Gasteiger partial charge in [-0.25, -0.2) is 0 Å². The molecular formula is C18H38NO3S+. The normalized spacial score (nSPS) is 14.5. The highest BCUT2D eigenvalue weighted by molar-refractivity contribution is 7.85. The Morgan fingerprint density at radius 2 is 1.57 bits per heavy atom. The van der Waals surface area contributed by atoms with Gasteiger partial charge >= 0.3 is 0 Å². The minimum absolute atomic E-state index is 0.0174. The standard InChI is InChI=1S/C18H37NO3S/c1-5-6-7-8-9-10-11-12-13-14-15-19(3,4)16-18(2)17-23(20,21)22/h6-7,18H,5,8-17H2,1-4H3/p+1/b7-6+. The molecule has 0 saturated heterocycles. The first-order chi connectivity index (χ1) is 10.7. The van der Waals surface area contributed by atoms with E-state index in [0.717, 1.165) is 24.0 Å². The Hall–Kier alpha value is -0.390. The molecule has 1 N–H and O–H groups in total. The zero-order valence-electron chi connectivity index (χ0n) is 15.6. The molecule has 0 spiro atoms. The van der Waals surface area contributed by atoms with Crippen molar-refractivity contribution in [2.45, 2.75) is 65.2 Å². The Morgan fingerprint density at radius 3 is 2.13 bits per heavy atom. The van der Waals surface area contributed by atoms with Gasteiger partial charge in [0.05, 0.1) is 32.9 Å². The van der Waals surface area contributed by atoms with Crippen LogP contribution in [0.4, 0.5) is 0 Å². The molecule has 0 rings (SSSR count). The lowest BCUT2D eigenvalue weighted by atomic mass is 10.1. The van der Waals surface area contributed by atoms with Crippen LogP contribution in [0.3, 0.4) is 0 Å². The molecule has 0 amide bonds. The number of unbranched alkanes of at least 4 members (excludes halogenated alkanes) is 6. The Balaban J connectivity index is 3.68. The summed E-state index contributed by atoms with van der Waals surface area (Å²) in [6.45, 7) is 5.90. The summed E-state index contributed by atoms with van der Waals surface area (Å²) in [6.07, 6.45) is 14.5.